The van der Waals surface area contributed by atoms with Crippen LogP contribution in [0.5, 0.6) is 0 Å². The molecule has 2 rings (SSSR count). The van der Waals surface area contributed by atoms with E-state index < -0.39 is 0 Å². The van der Waals surface area contributed by atoms with E-state index in [1.54, 1.807) is 0 Å². The fraction of sp³-hybridized carbons (Fsp3) is 0.300. The smallest absolute Gasteiger partial charge is 0.187 e. The first-order valence-electron chi connectivity index (χ1n) is 4.14. The maximum atomic E-state index is 6.87. The van der Waals surface area contributed by atoms with Crippen LogP contribution in [-0.2, 0) is 6.42 Å². The van der Waals surface area contributed by atoms with Crippen LogP contribution in [0.3, 0.4) is 0 Å². The molecule has 0 bridgehead atoms. The van der Waals surface area contributed by atoms with Gasteiger partial charge in [-0.1, -0.05) is 12.1 Å². The number of hydrogen-bond acceptors (Lipinski definition) is 1. The number of benzene rings is 1. The summed E-state index contributed by atoms with van der Waals surface area (Å²) < 4.78 is 0. The summed E-state index contributed by atoms with van der Waals surface area (Å²) in [6.45, 7) is 7.93. The van der Waals surface area contributed by atoms with E-state index in [1.165, 1.54) is 17.7 Å². The maximum absolute atomic E-state index is 6.87. The summed E-state index contributed by atoms with van der Waals surface area (Å²) in [6, 6.07) is 5.85. The van der Waals surface area contributed by atoms with E-state index in [-0.39, 0.29) is 0 Å². The van der Waals surface area contributed by atoms with Crippen molar-refractivity contribution in [2.75, 3.05) is 11.9 Å². The number of fused-ring (bicyclic) bond motifs is 1. The van der Waals surface area contributed by atoms with Crippen molar-refractivity contribution in [3.05, 3.63) is 35.2 Å². The van der Waals surface area contributed by atoms with Crippen LogP contribution in [0.1, 0.15) is 12.0 Å². The Bertz CT molecular complexity index is 336. The second-order valence-corrected chi connectivity index (χ2v) is 2.98. The van der Waals surface area contributed by atoms with Gasteiger partial charge in [-0.3, -0.25) is 0 Å². The van der Waals surface area contributed by atoms with Crippen LogP contribution in [-0.4, -0.2) is 6.54 Å². The van der Waals surface area contributed by atoms with Crippen LogP contribution in [0, 0.1) is 6.57 Å². The molecule has 0 unspecified atom stereocenters. The third kappa shape index (κ3) is 1.14. The van der Waals surface area contributed by atoms with Crippen LogP contribution in [0.2, 0.25) is 0 Å². The van der Waals surface area contributed by atoms with Gasteiger partial charge in [0.2, 0.25) is 0 Å². The molecule has 0 atom stereocenters. The Hall–Kier alpha value is -1.49. The lowest BCUT2D eigenvalue weighted by atomic mass is 10.0. The molecule has 1 heterocycles. The molecule has 0 amide bonds. The highest BCUT2D eigenvalue weighted by atomic mass is 14.9. The Kier molecular flexibility index (Phi) is 1.71. The van der Waals surface area contributed by atoms with Gasteiger partial charge >= 0.3 is 0 Å². The third-order valence-electron chi connectivity index (χ3n) is 2.16. The summed E-state index contributed by atoms with van der Waals surface area (Å²) in [5.74, 6) is 0. The van der Waals surface area contributed by atoms with Gasteiger partial charge in [0.1, 0.15) is 0 Å². The van der Waals surface area contributed by atoms with Crippen LogP contribution in [0.15, 0.2) is 18.2 Å². The first-order valence-corrected chi connectivity index (χ1v) is 4.14. The fourth-order valence-electron chi connectivity index (χ4n) is 1.53. The van der Waals surface area contributed by atoms with Crippen molar-refractivity contribution in [1.29, 1.82) is 0 Å². The first-order chi connectivity index (χ1) is 5.90. The molecular formula is C10H10N2. The lowest BCUT2D eigenvalue weighted by Crippen LogP contribution is -2.10. The highest BCUT2D eigenvalue weighted by Gasteiger charge is 2.07. The predicted octanol–water partition coefficient (Wildman–Crippen LogP) is 2.60. The number of anilines is 1. The number of nitrogens with one attached hydrogen (secondary N) is 1. The Morgan fingerprint density at radius 1 is 1.42 bits per heavy atom. The van der Waals surface area contributed by atoms with Gasteiger partial charge in [-0.15, -0.1) is 0 Å². The topological polar surface area (TPSA) is 16.4 Å². The van der Waals surface area contributed by atoms with Crippen molar-refractivity contribution in [2.24, 2.45) is 0 Å². The zero-order valence-corrected chi connectivity index (χ0v) is 6.80. The Morgan fingerprint density at radius 3 is 3.17 bits per heavy atom. The highest BCUT2D eigenvalue weighted by Crippen LogP contribution is 2.26. The predicted molar refractivity (Wildman–Crippen MR) is 49.5 cm³/mol. The molecule has 0 aromatic heterocycles. The molecule has 0 saturated heterocycles. The van der Waals surface area contributed by atoms with Crippen LogP contribution in [0.4, 0.5) is 11.4 Å². The number of rotatable bonds is 0. The van der Waals surface area contributed by atoms with Crippen molar-refractivity contribution < 1.29 is 0 Å². The normalized spacial score (nSPS) is 14.2. The minimum Gasteiger partial charge on any atom is -0.385 e. The van der Waals surface area contributed by atoms with Crippen molar-refractivity contribution in [2.45, 2.75) is 12.8 Å². The van der Waals surface area contributed by atoms with Gasteiger partial charge in [-0.05, 0) is 24.5 Å². The van der Waals surface area contributed by atoms with Gasteiger partial charge in [-0.25, -0.2) is 4.85 Å². The third-order valence-corrected chi connectivity index (χ3v) is 2.16. The Balaban J connectivity index is 2.44. The summed E-state index contributed by atoms with van der Waals surface area (Å²) in [4.78, 5) is 3.40. The van der Waals surface area contributed by atoms with Crippen molar-refractivity contribution in [1.82, 2.24) is 0 Å². The summed E-state index contributed by atoms with van der Waals surface area (Å²) in [5.41, 5.74) is 3.24. The molecular weight excluding hydrogens is 148 g/mol. The molecule has 1 N–H and O–H groups in total. The number of aryl methyl sites for hydroxylation is 1. The Morgan fingerprint density at radius 2 is 2.33 bits per heavy atom. The van der Waals surface area contributed by atoms with Gasteiger partial charge < -0.3 is 5.32 Å². The number of hydrogen-bond donors (Lipinski definition) is 1. The molecule has 0 spiro atoms. The molecule has 1 aliphatic heterocycles. The summed E-state index contributed by atoms with van der Waals surface area (Å²) in [6.07, 6.45) is 2.28. The zero-order valence-electron chi connectivity index (χ0n) is 6.80. The Labute approximate surface area is 72.0 Å². The maximum Gasteiger partial charge on any atom is 0.187 e. The minimum atomic E-state index is 0.748. The van der Waals surface area contributed by atoms with Crippen LogP contribution >= 0.6 is 0 Å². The lowest BCUT2D eigenvalue weighted by Gasteiger charge is -2.17. The van der Waals surface area contributed by atoms with E-state index in [1.807, 2.05) is 18.2 Å². The average Bonchev–Trinajstić information content (AvgIpc) is 2.17. The van der Waals surface area contributed by atoms with E-state index in [0.717, 1.165) is 18.7 Å². The molecule has 0 saturated carbocycles. The quantitative estimate of drug-likeness (QED) is 0.574. The molecule has 2 nitrogen and oxygen atoms in total. The summed E-state index contributed by atoms with van der Waals surface area (Å²) >= 11 is 0. The van der Waals surface area contributed by atoms with Crippen molar-refractivity contribution >= 4 is 11.4 Å². The van der Waals surface area contributed by atoms with E-state index in [0.29, 0.717) is 0 Å². The van der Waals surface area contributed by atoms with Crippen molar-refractivity contribution in [3.8, 4) is 0 Å². The largest absolute Gasteiger partial charge is 0.385 e. The minimum absolute atomic E-state index is 0.748. The number of nitrogens with zero attached hydrogens (tertiary/aromatic N) is 1. The molecule has 1 aromatic rings. The van der Waals surface area contributed by atoms with E-state index in [4.69, 9.17) is 6.57 Å². The van der Waals surface area contributed by atoms with E-state index >= 15 is 0 Å². The molecule has 0 radical (unpaired) electrons. The second-order valence-electron chi connectivity index (χ2n) is 2.98. The van der Waals surface area contributed by atoms with Crippen LogP contribution < -0.4 is 5.32 Å². The molecule has 1 aliphatic rings. The molecule has 0 aliphatic carbocycles. The standard InChI is InChI=1S/C10H10N2/c1-11-9-4-5-10-8(7-9)3-2-6-12-10/h4-5,7,12H,2-3,6H2. The van der Waals surface area contributed by atoms with Gasteiger partial charge in [0.25, 0.3) is 0 Å². The molecule has 0 fully saturated rings. The summed E-state index contributed by atoms with van der Waals surface area (Å²) in [5, 5.41) is 3.31. The second kappa shape index (κ2) is 2.86. The van der Waals surface area contributed by atoms with Gasteiger partial charge in [0, 0.05) is 12.2 Å². The summed E-state index contributed by atoms with van der Waals surface area (Å²) in [7, 11) is 0. The molecule has 1 aromatic carbocycles. The fourth-order valence-corrected chi connectivity index (χ4v) is 1.53. The first kappa shape index (κ1) is 7.17. The average molecular weight is 158 g/mol. The van der Waals surface area contributed by atoms with E-state index in [2.05, 4.69) is 10.2 Å². The lowest BCUT2D eigenvalue weighted by molar-refractivity contribution is 0.831. The monoisotopic (exact) mass is 158 g/mol. The van der Waals surface area contributed by atoms with Crippen LogP contribution in [0.25, 0.3) is 4.85 Å². The molecule has 12 heavy (non-hydrogen) atoms. The molecule has 60 valence electrons. The molecule has 2 heteroatoms. The van der Waals surface area contributed by atoms with Gasteiger partial charge in [0.15, 0.2) is 5.69 Å². The zero-order chi connectivity index (χ0) is 8.39. The highest BCUT2D eigenvalue weighted by molar-refractivity contribution is 5.61. The van der Waals surface area contributed by atoms with Gasteiger partial charge in [0.05, 0.1) is 6.57 Å². The van der Waals surface area contributed by atoms with E-state index in [9.17, 15) is 0 Å². The SMILES string of the molecule is [C-]#[N+]c1ccc2c(c1)CCCN2. The van der Waals surface area contributed by atoms with Crippen molar-refractivity contribution in [3.63, 3.8) is 0 Å². The van der Waals surface area contributed by atoms with Gasteiger partial charge in [-0.2, -0.15) is 0 Å².